The van der Waals surface area contributed by atoms with Gasteiger partial charge in [0.15, 0.2) is 5.13 Å². The number of carbonyl (C=O) groups is 1. The molecule has 31 heavy (non-hydrogen) atoms. The fraction of sp³-hybridized carbons (Fsp3) is 0.182. The summed E-state index contributed by atoms with van der Waals surface area (Å²) in [6.07, 6.45) is 0. The van der Waals surface area contributed by atoms with Gasteiger partial charge in [0.2, 0.25) is 11.8 Å². The molecule has 0 saturated heterocycles. The number of benzene rings is 2. The molecule has 0 atom stereocenters. The smallest absolute Gasteiger partial charge is 0.277 e. The summed E-state index contributed by atoms with van der Waals surface area (Å²) in [5.74, 6) is 1.50. The van der Waals surface area contributed by atoms with Crippen LogP contribution in [0, 0.1) is 6.92 Å². The number of aromatic nitrogens is 3. The molecular weight excluding hydrogens is 432 g/mol. The van der Waals surface area contributed by atoms with Crippen LogP contribution in [0.1, 0.15) is 18.2 Å². The zero-order valence-electron chi connectivity index (χ0n) is 17.2. The predicted molar refractivity (Wildman–Crippen MR) is 122 cm³/mol. The summed E-state index contributed by atoms with van der Waals surface area (Å²) in [6.45, 7) is 3.54. The zero-order valence-corrected chi connectivity index (χ0v) is 18.9. The van der Waals surface area contributed by atoms with Crippen LogP contribution < -0.4 is 9.64 Å². The molecule has 0 N–H and O–H groups in total. The first-order chi connectivity index (χ1) is 15.0. The summed E-state index contributed by atoms with van der Waals surface area (Å²) in [7, 11) is 1.58. The van der Waals surface area contributed by atoms with Crippen molar-refractivity contribution in [3.63, 3.8) is 0 Å². The van der Waals surface area contributed by atoms with Crippen LogP contribution in [0.25, 0.3) is 11.5 Å². The molecule has 0 aliphatic heterocycles. The quantitative estimate of drug-likeness (QED) is 0.343. The number of aryl methyl sites for hydroxylation is 1. The van der Waals surface area contributed by atoms with Crippen LogP contribution >= 0.6 is 23.1 Å². The Bertz CT molecular complexity index is 1190. The molecule has 0 saturated carbocycles. The van der Waals surface area contributed by atoms with Crippen molar-refractivity contribution in [2.45, 2.75) is 24.8 Å². The van der Waals surface area contributed by atoms with Crippen LogP contribution in [-0.2, 0) is 10.5 Å². The number of ether oxygens (including phenoxy) is 1. The predicted octanol–water partition coefficient (Wildman–Crippen LogP) is 5.49. The molecule has 0 aliphatic carbocycles. The third-order valence-electron chi connectivity index (χ3n) is 4.42. The number of thiazole rings is 1. The second-order valence-corrected chi connectivity index (χ2v) is 8.44. The second kappa shape index (κ2) is 9.32. The van der Waals surface area contributed by atoms with Gasteiger partial charge in [-0.2, -0.15) is 0 Å². The molecule has 2 heterocycles. The molecule has 4 aromatic rings. The molecule has 0 spiro atoms. The number of methoxy groups -OCH3 is 1. The van der Waals surface area contributed by atoms with Crippen LogP contribution in [-0.4, -0.2) is 28.2 Å². The van der Waals surface area contributed by atoms with Crippen molar-refractivity contribution in [1.29, 1.82) is 0 Å². The highest BCUT2D eigenvalue weighted by Crippen LogP contribution is 2.36. The van der Waals surface area contributed by atoms with Crippen LogP contribution in [0.3, 0.4) is 0 Å². The van der Waals surface area contributed by atoms with Crippen molar-refractivity contribution in [2.75, 3.05) is 12.0 Å². The standard InChI is InChI=1S/C22H20N4O3S2/c1-14-8-10-16(11-9-14)20-24-25-22(29-20)31-13-17-12-30-21(23-17)26(15(2)27)18-6-4-5-7-19(18)28-3/h4-12H,13H2,1-3H3. The minimum absolute atomic E-state index is 0.141. The van der Waals surface area contributed by atoms with E-state index in [1.54, 1.807) is 12.0 Å². The number of nitrogens with zero attached hydrogens (tertiary/aromatic N) is 4. The number of para-hydroxylation sites is 2. The Morgan fingerprint density at radius 3 is 2.68 bits per heavy atom. The van der Waals surface area contributed by atoms with Crippen LogP contribution in [0.2, 0.25) is 0 Å². The van der Waals surface area contributed by atoms with Crippen molar-refractivity contribution in [3.8, 4) is 17.2 Å². The lowest BCUT2D eigenvalue weighted by Gasteiger charge is -2.20. The molecule has 2 aromatic heterocycles. The molecule has 2 aromatic carbocycles. The zero-order chi connectivity index (χ0) is 21.8. The highest BCUT2D eigenvalue weighted by atomic mass is 32.2. The Balaban J connectivity index is 1.47. The van der Waals surface area contributed by atoms with E-state index in [9.17, 15) is 4.79 Å². The fourth-order valence-corrected chi connectivity index (χ4v) is 4.54. The first-order valence-electron chi connectivity index (χ1n) is 9.46. The molecular formula is C22H20N4O3S2. The van der Waals surface area contributed by atoms with E-state index in [-0.39, 0.29) is 5.91 Å². The Morgan fingerprint density at radius 1 is 1.16 bits per heavy atom. The molecule has 1 amide bonds. The number of hydrogen-bond acceptors (Lipinski definition) is 8. The highest BCUT2D eigenvalue weighted by Gasteiger charge is 2.21. The van der Waals surface area contributed by atoms with Gasteiger partial charge in [-0.15, -0.1) is 21.5 Å². The average Bonchev–Trinajstić information content (AvgIpc) is 3.43. The number of carbonyl (C=O) groups excluding carboxylic acids is 1. The molecule has 0 unspecified atom stereocenters. The molecule has 7 nitrogen and oxygen atoms in total. The van der Waals surface area contributed by atoms with Crippen molar-refractivity contribution in [3.05, 3.63) is 65.2 Å². The molecule has 0 aliphatic rings. The maximum Gasteiger partial charge on any atom is 0.277 e. The van der Waals surface area contributed by atoms with Gasteiger partial charge < -0.3 is 9.15 Å². The molecule has 0 radical (unpaired) electrons. The second-order valence-electron chi connectivity index (χ2n) is 6.68. The highest BCUT2D eigenvalue weighted by molar-refractivity contribution is 7.98. The lowest BCUT2D eigenvalue weighted by Crippen LogP contribution is -2.23. The Hall–Kier alpha value is -3.17. The molecule has 158 valence electrons. The van der Waals surface area contributed by atoms with Gasteiger partial charge in [-0.1, -0.05) is 41.6 Å². The number of thioether (sulfide) groups is 1. The largest absolute Gasteiger partial charge is 0.495 e. The first kappa shape index (κ1) is 21.1. The Labute approximate surface area is 188 Å². The van der Waals surface area contributed by atoms with E-state index in [1.165, 1.54) is 35.6 Å². The molecule has 4 rings (SSSR count). The number of hydrogen-bond donors (Lipinski definition) is 0. The first-order valence-corrected chi connectivity index (χ1v) is 11.3. The minimum atomic E-state index is -0.141. The van der Waals surface area contributed by atoms with E-state index in [1.807, 2.05) is 60.8 Å². The fourth-order valence-electron chi connectivity index (χ4n) is 2.90. The monoisotopic (exact) mass is 452 g/mol. The maximum atomic E-state index is 12.4. The van der Waals surface area contributed by atoms with Crippen LogP contribution in [0.4, 0.5) is 10.8 Å². The van der Waals surface area contributed by atoms with Gasteiger partial charge in [0.1, 0.15) is 5.75 Å². The normalized spacial score (nSPS) is 10.8. The SMILES string of the molecule is COc1ccccc1N(C(C)=O)c1nc(CSc2nnc(-c3ccc(C)cc3)o2)cs1. The summed E-state index contributed by atoms with van der Waals surface area (Å²) >= 11 is 2.80. The lowest BCUT2D eigenvalue weighted by molar-refractivity contribution is -0.115. The molecule has 0 fully saturated rings. The Morgan fingerprint density at radius 2 is 1.94 bits per heavy atom. The van der Waals surface area contributed by atoms with E-state index in [2.05, 4.69) is 15.2 Å². The topological polar surface area (TPSA) is 81.4 Å². The van der Waals surface area contributed by atoms with E-state index in [0.717, 1.165) is 11.3 Å². The number of rotatable bonds is 7. The maximum absolute atomic E-state index is 12.4. The van der Waals surface area contributed by atoms with Crippen LogP contribution in [0.15, 0.2) is 63.6 Å². The van der Waals surface area contributed by atoms with Crippen molar-refractivity contribution < 1.29 is 13.9 Å². The van der Waals surface area contributed by atoms with E-state index in [0.29, 0.717) is 33.4 Å². The number of amides is 1. The van der Waals surface area contributed by atoms with Gasteiger partial charge in [-0.25, -0.2) is 4.98 Å². The van der Waals surface area contributed by atoms with Crippen molar-refractivity contribution >= 4 is 39.8 Å². The van der Waals surface area contributed by atoms with Gasteiger partial charge in [-0.05, 0) is 31.2 Å². The summed E-state index contributed by atoms with van der Waals surface area (Å²) in [5, 5.41) is 11.2. The van der Waals surface area contributed by atoms with Gasteiger partial charge in [-0.3, -0.25) is 9.69 Å². The summed E-state index contributed by atoms with van der Waals surface area (Å²) in [5.41, 5.74) is 3.53. The third-order valence-corrected chi connectivity index (χ3v) is 6.15. The van der Waals surface area contributed by atoms with E-state index >= 15 is 0 Å². The van der Waals surface area contributed by atoms with E-state index in [4.69, 9.17) is 9.15 Å². The average molecular weight is 453 g/mol. The van der Waals surface area contributed by atoms with Gasteiger partial charge in [0.05, 0.1) is 18.5 Å². The minimum Gasteiger partial charge on any atom is -0.495 e. The molecule has 9 heteroatoms. The molecule has 0 bridgehead atoms. The van der Waals surface area contributed by atoms with E-state index < -0.39 is 0 Å². The summed E-state index contributed by atoms with van der Waals surface area (Å²) in [6, 6.07) is 15.3. The van der Waals surface area contributed by atoms with Crippen molar-refractivity contribution in [1.82, 2.24) is 15.2 Å². The van der Waals surface area contributed by atoms with Crippen LogP contribution in [0.5, 0.6) is 5.75 Å². The number of anilines is 2. The third kappa shape index (κ3) is 4.78. The van der Waals surface area contributed by atoms with Gasteiger partial charge >= 0.3 is 0 Å². The van der Waals surface area contributed by atoms with Gasteiger partial charge in [0, 0.05) is 23.6 Å². The van der Waals surface area contributed by atoms with Gasteiger partial charge in [0.25, 0.3) is 5.22 Å². The summed E-state index contributed by atoms with van der Waals surface area (Å²) in [4.78, 5) is 18.5. The Kier molecular flexibility index (Phi) is 6.34. The lowest BCUT2D eigenvalue weighted by atomic mass is 10.1. The van der Waals surface area contributed by atoms with Crippen molar-refractivity contribution in [2.24, 2.45) is 0 Å². The summed E-state index contributed by atoms with van der Waals surface area (Å²) < 4.78 is 11.2.